The Labute approximate surface area is 111 Å². The van der Waals surface area contributed by atoms with Crippen molar-refractivity contribution in [2.45, 2.75) is 12.8 Å². The lowest BCUT2D eigenvalue weighted by atomic mass is 10.1. The van der Waals surface area contributed by atoms with Crippen LogP contribution >= 0.6 is 0 Å². The van der Waals surface area contributed by atoms with Crippen molar-refractivity contribution in [1.82, 2.24) is 0 Å². The van der Waals surface area contributed by atoms with E-state index in [1.807, 2.05) is 0 Å². The molecule has 0 fully saturated rings. The number of non-ortho nitro benzene ring substituents is 1. The Kier molecular flexibility index (Phi) is 5.05. The minimum atomic E-state index is -1.10. The SMILES string of the molecule is C=CCCCN(C)c1cc([N+](=O)[O-])ccc1C(=O)O. The number of nitro benzene ring substituents is 1. The van der Waals surface area contributed by atoms with Crippen LogP contribution in [0.2, 0.25) is 0 Å². The van der Waals surface area contributed by atoms with Gasteiger partial charge in [0.05, 0.1) is 16.2 Å². The van der Waals surface area contributed by atoms with Gasteiger partial charge >= 0.3 is 5.97 Å². The molecule has 0 aliphatic rings. The number of allylic oxidation sites excluding steroid dienone is 1. The maximum atomic E-state index is 11.1. The highest BCUT2D eigenvalue weighted by atomic mass is 16.6. The Bertz CT molecular complexity index is 499. The third-order valence-corrected chi connectivity index (χ3v) is 2.74. The lowest BCUT2D eigenvalue weighted by molar-refractivity contribution is -0.384. The van der Waals surface area contributed by atoms with E-state index in [0.29, 0.717) is 12.2 Å². The Balaban J connectivity index is 3.06. The number of carboxylic acids is 1. The van der Waals surface area contributed by atoms with Gasteiger partial charge in [-0.2, -0.15) is 0 Å². The molecule has 0 bridgehead atoms. The summed E-state index contributed by atoms with van der Waals surface area (Å²) in [5.41, 5.74) is 0.299. The summed E-state index contributed by atoms with van der Waals surface area (Å²) >= 11 is 0. The highest BCUT2D eigenvalue weighted by molar-refractivity contribution is 5.95. The molecule has 0 aliphatic carbocycles. The molecule has 0 unspecified atom stereocenters. The fourth-order valence-corrected chi connectivity index (χ4v) is 1.72. The van der Waals surface area contributed by atoms with Crippen LogP contribution in [0.15, 0.2) is 30.9 Å². The van der Waals surface area contributed by atoms with E-state index in [1.54, 1.807) is 18.0 Å². The van der Waals surface area contributed by atoms with Crippen molar-refractivity contribution in [3.8, 4) is 0 Å². The molecule has 0 radical (unpaired) electrons. The second-order valence-corrected chi connectivity index (χ2v) is 4.12. The van der Waals surface area contributed by atoms with E-state index < -0.39 is 10.9 Å². The van der Waals surface area contributed by atoms with E-state index in [1.165, 1.54) is 18.2 Å². The number of carbonyl (C=O) groups is 1. The molecule has 1 aromatic rings. The summed E-state index contributed by atoms with van der Waals surface area (Å²) in [6, 6.07) is 3.75. The summed E-state index contributed by atoms with van der Waals surface area (Å²) in [5.74, 6) is -1.10. The van der Waals surface area contributed by atoms with Gasteiger partial charge in [0.15, 0.2) is 0 Å². The topological polar surface area (TPSA) is 83.7 Å². The summed E-state index contributed by atoms with van der Waals surface area (Å²) in [7, 11) is 1.72. The van der Waals surface area contributed by atoms with E-state index in [0.717, 1.165) is 12.8 Å². The number of hydrogen-bond donors (Lipinski definition) is 1. The van der Waals surface area contributed by atoms with E-state index in [2.05, 4.69) is 6.58 Å². The molecule has 1 aromatic carbocycles. The largest absolute Gasteiger partial charge is 0.478 e. The van der Waals surface area contributed by atoms with Gasteiger partial charge in [-0.1, -0.05) is 6.08 Å². The van der Waals surface area contributed by atoms with E-state index in [9.17, 15) is 14.9 Å². The number of carboxylic acid groups (broad SMARTS) is 1. The fourth-order valence-electron chi connectivity index (χ4n) is 1.72. The van der Waals surface area contributed by atoms with Crippen LogP contribution < -0.4 is 4.90 Å². The zero-order valence-corrected chi connectivity index (χ0v) is 10.7. The Morgan fingerprint density at radius 3 is 2.79 bits per heavy atom. The molecule has 0 amide bonds. The maximum absolute atomic E-state index is 11.1. The van der Waals surface area contributed by atoms with Gasteiger partial charge in [0.25, 0.3) is 5.69 Å². The predicted octanol–water partition coefficient (Wildman–Crippen LogP) is 2.70. The number of nitrogens with zero attached hydrogens (tertiary/aromatic N) is 2. The zero-order chi connectivity index (χ0) is 14.4. The average molecular weight is 264 g/mol. The summed E-state index contributed by atoms with van der Waals surface area (Å²) in [6.07, 6.45) is 3.39. The molecular weight excluding hydrogens is 248 g/mol. The molecule has 1 rings (SSSR count). The monoisotopic (exact) mass is 264 g/mol. The van der Waals surface area contributed by atoms with E-state index in [-0.39, 0.29) is 11.3 Å². The summed E-state index contributed by atoms with van der Waals surface area (Å²) < 4.78 is 0. The highest BCUT2D eigenvalue weighted by Crippen LogP contribution is 2.25. The van der Waals surface area contributed by atoms with Crippen molar-refractivity contribution in [3.63, 3.8) is 0 Å². The van der Waals surface area contributed by atoms with Gasteiger partial charge < -0.3 is 10.0 Å². The molecule has 0 spiro atoms. The van der Waals surface area contributed by atoms with E-state index in [4.69, 9.17) is 5.11 Å². The number of aromatic carboxylic acids is 1. The molecule has 0 aliphatic heterocycles. The van der Waals surface area contributed by atoms with Crippen LogP contribution in [0.4, 0.5) is 11.4 Å². The Morgan fingerprint density at radius 1 is 1.58 bits per heavy atom. The quantitative estimate of drug-likeness (QED) is 0.354. The standard InChI is InChI=1S/C13H16N2O4/c1-3-4-5-8-14(2)12-9-10(15(18)19)6-7-11(12)13(16)17/h3,6-7,9H,1,4-5,8H2,2H3,(H,16,17). The number of hydrogen-bond acceptors (Lipinski definition) is 4. The molecular formula is C13H16N2O4. The first-order chi connectivity index (χ1) is 8.97. The maximum Gasteiger partial charge on any atom is 0.337 e. The van der Waals surface area contributed by atoms with Crippen LogP contribution in [0.3, 0.4) is 0 Å². The zero-order valence-electron chi connectivity index (χ0n) is 10.7. The lowest BCUT2D eigenvalue weighted by Gasteiger charge is -2.20. The normalized spacial score (nSPS) is 9.95. The molecule has 6 heteroatoms. The number of nitro groups is 1. The molecule has 6 nitrogen and oxygen atoms in total. The predicted molar refractivity (Wildman–Crippen MR) is 72.8 cm³/mol. The molecule has 102 valence electrons. The van der Waals surface area contributed by atoms with Crippen LogP contribution in [-0.4, -0.2) is 29.6 Å². The van der Waals surface area contributed by atoms with Crippen molar-refractivity contribution < 1.29 is 14.8 Å². The van der Waals surface area contributed by atoms with Gasteiger partial charge in [0, 0.05) is 25.7 Å². The molecule has 0 saturated heterocycles. The van der Waals surface area contributed by atoms with Crippen LogP contribution in [-0.2, 0) is 0 Å². The van der Waals surface area contributed by atoms with Gasteiger partial charge in [-0.3, -0.25) is 10.1 Å². The van der Waals surface area contributed by atoms with Gasteiger partial charge in [-0.05, 0) is 18.9 Å². The lowest BCUT2D eigenvalue weighted by Crippen LogP contribution is -2.21. The first-order valence-electron chi connectivity index (χ1n) is 5.81. The fraction of sp³-hybridized carbons (Fsp3) is 0.308. The molecule has 1 N–H and O–H groups in total. The van der Waals surface area contributed by atoms with Gasteiger partial charge in [0.1, 0.15) is 0 Å². The van der Waals surface area contributed by atoms with Crippen molar-refractivity contribution in [3.05, 3.63) is 46.5 Å². The van der Waals surface area contributed by atoms with Crippen molar-refractivity contribution >= 4 is 17.3 Å². The number of anilines is 1. The number of rotatable bonds is 7. The van der Waals surface area contributed by atoms with Crippen molar-refractivity contribution in [1.29, 1.82) is 0 Å². The molecule has 0 aromatic heterocycles. The van der Waals surface area contributed by atoms with Gasteiger partial charge in [-0.25, -0.2) is 4.79 Å². The minimum Gasteiger partial charge on any atom is -0.478 e. The minimum absolute atomic E-state index is 0.0618. The van der Waals surface area contributed by atoms with E-state index >= 15 is 0 Å². The smallest absolute Gasteiger partial charge is 0.337 e. The van der Waals surface area contributed by atoms with Crippen LogP contribution in [0.5, 0.6) is 0 Å². The second kappa shape index (κ2) is 6.53. The summed E-state index contributed by atoms with van der Waals surface area (Å²) in [6.45, 7) is 4.22. The van der Waals surface area contributed by atoms with Crippen molar-refractivity contribution in [2.75, 3.05) is 18.5 Å². The molecule has 0 saturated carbocycles. The van der Waals surface area contributed by atoms with Gasteiger partial charge in [-0.15, -0.1) is 6.58 Å². The summed E-state index contributed by atoms with van der Waals surface area (Å²) in [4.78, 5) is 23.0. The number of benzene rings is 1. The molecule has 0 atom stereocenters. The summed E-state index contributed by atoms with van der Waals surface area (Å²) in [5, 5.41) is 19.8. The second-order valence-electron chi connectivity index (χ2n) is 4.12. The van der Waals surface area contributed by atoms with Crippen LogP contribution in [0, 0.1) is 10.1 Å². The first-order valence-corrected chi connectivity index (χ1v) is 5.81. The van der Waals surface area contributed by atoms with Crippen molar-refractivity contribution in [2.24, 2.45) is 0 Å². The highest BCUT2D eigenvalue weighted by Gasteiger charge is 2.17. The third kappa shape index (κ3) is 3.80. The molecule has 19 heavy (non-hydrogen) atoms. The Hall–Kier alpha value is -2.37. The van der Waals surface area contributed by atoms with Crippen LogP contribution in [0.25, 0.3) is 0 Å². The number of unbranched alkanes of at least 4 members (excludes halogenated alkanes) is 1. The first kappa shape index (κ1) is 14.7. The van der Waals surface area contributed by atoms with Gasteiger partial charge in [0.2, 0.25) is 0 Å². The molecule has 0 heterocycles. The Morgan fingerprint density at radius 2 is 2.26 bits per heavy atom. The third-order valence-electron chi connectivity index (χ3n) is 2.74. The van der Waals surface area contributed by atoms with Crippen LogP contribution in [0.1, 0.15) is 23.2 Å². The average Bonchev–Trinajstić information content (AvgIpc) is 2.37.